The zero-order chi connectivity index (χ0) is 19.4. The van der Waals surface area contributed by atoms with Crippen molar-refractivity contribution in [3.8, 4) is 11.5 Å². The topological polar surface area (TPSA) is 38.8 Å². The number of carbonyl (C=O) groups excluding carboxylic acids is 1. The van der Waals surface area contributed by atoms with Gasteiger partial charge in [-0.15, -0.1) is 0 Å². The van der Waals surface area contributed by atoms with E-state index in [0.29, 0.717) is 36.7 Å². The second kappa shape index (κ2) is 8.89. The predicted octanol–water partition coefficient (Wildman–Crippen LogP) is 4.83. The number of piperidine rings is 1. The first-order valence-corrected chi connectivity index (χ1v) is 9.57. The molecule has 0 bridgehead atoms. The highest BCUT2D eigenvalue weighted by Gasteiger charge is 2.25. The summed E-state index contributed by atoms with van der Waals surface area (Å²) in [5.74, 6) is -1.06. The van der Waals surface area contributed by atoms with Gasteiger partial charge in [0.05, 0.1) is 5.02 Å². The fourth-order valence-corrected chi connectivity index (χ4v) is 3.52. The second-order valence-electron chi connectivity index (χ2n) is 6.14. The number of likely N-dealkylation sites (tertiary alicyclic amines) is 1. The molecule has 1 heterocycles. The predicted molar refractivity (Wildman–Crippen MR) is 101 cm³/mol. The van der Waals surface area contributed by atoms with Gasteiger partial charge in [0.25, 0.3) is 5.91 Å². The molecular formula is C19H17BrClF2NO3. The lowest BCUT2D eigenvalue weighted by Crippen LogP contribution is -2.43. The van der Waals surface area contributed by atoms with Crippen molar-refractivity contribution in [2.24, 2.45) is 0 Å². The SMILES string of the molecule is O=C(COc1ccc(Br)cc1Cl)N1CCC(Oc2ccc(F)cc2F)CC1. The number of hydrogen-bond acceptors (Lipinski definition) is 3. The molecule has 1 aliphatic rings. The van der Waals surface area contributed by atoms with Crippen LogP contribution in [-0.4, -0.2) is 36.6 Å². The van der Waals surface area contributed by atoms with E-state index < -0.39 is 11.6 Å². The van der Waals surface area contributed by atoms with Gasteiger partial charge in [0.1, 0.15) is 17.7 Å². The molecule has 2 aromatic carbocycles. The molecule has 1 aliphatic heterocycles. The highest BCUT2D eigenvalue weighted by atomic mass is 79.9. The minimum Gasteiger partial charge on any atom is -0.487 e. The molecule has 0 radical (unpaired) electrons. The van der Waals surface area contributed by atoms with E-state index in [4.69, 9.17) is 21.1 Å². The Balaban J connectivity index is 1.47. The third kappa shape index (κ3) is 5.32. The first kappa shape index (κ1) is 19.9. The van der Waals surface area contributed by atoms with E-state index >= 15 is 0 Å². The Morgan fingerprint density at radius 1 is 1.15 bits per heavy atom. The third-order valence-corrected chi connectivity index (χ3v) is 5.02. The summed E-state index contributed by atoms with van der Waals surface area (Å²) in [6, 6.07) is 8.39. The summed E-state index contributed by atoms with van der Waals surface area (Å²) in [5.41, 5.74) is 0. The normalized spacial score (nSPS) is 14.9. The minimum absolute atomic E-state index is 0.0226. The third-order valence-electron chi connectivity index (χ3n) is 4.23. The highest BCUT2D eigenvalue weighted by molar-refractivity contribution is 9.10. The first-order chi connectivity index (χ1) is 12.9. The molecule has 0 atom stereocenters. The van der Waals surface area contributed by atoms with Gasteiger partial charge in [-0.05, 0) is 30.3 Å². The van der Waals surface area contributed by atoms with Crippen LogP contribution in [0.5, 0.6) is 11.5 Å². The van der Waals surface area contributed by atoms with Crippen molar-refractivity contribution in [1.29, 1.82) is 0 Å². The summed E-state index contributed by atoms with van der Waals surface area (Å²) in [5, 5.41) is 0.422. The van der Waals surface area contributed by atoms with Gasteiger partial charge in [0, 0.05) is 36.5 Å². The summed E-state index contributed by atoms with van der Waals surface area (Å²) < 4.78 is 38.5. The first-order valence-electron chi connectivity index (χ1n) is 8.39. The van der Waals surface area contributed by atoms with Crippen molar-refractivity contribution in [2.45, 2.75) is 18.9 Å². The van der Waals surface area contributed by atoms with Gasteiger partial charge in [0.2, 0.25) is 0 Å². The average molecular weight is 461 g/mol. The van der Waals surface area contributed by atoms with Crippen LogP contribution in [0.3, 0.4) is 0 Å². The van der Waals surface area contributed by atoms with Gasteiger partial charge in [-0.25, -0.2) is 8.78 Å². The minimum atomic E-state index is -0.728. The summed E-state index contributed by atoms with van der Waals surface area (Å²) in [6.07, 6.45) is 0.888. The van der Waals surface area contributed by atoms with E-state index in [1.54, 1.807) is 23.1 Å². The van der Waals surface area contributed by atoms with Crippen LogP contribution in [0.25, 0.3) is 0 Å². The Hall–Kier alpha value is -1.86. The molecule has 0 spiro atoms. The lowest BCUT2D eigenvalue weighted by Gasteiger charge is -2.32. The van der Waals surface area contributed by atoms with Crippen LogP contribution in [0.15, 0.2) is 40.9 Å². The number of hydrogen-bond donors (Lipinski definition) is 0. The fourth-order valence-electron chi connectivity index (χ4n) is 2.80. The number of benzene rings is 2. The van der Waals surface area contributed by atoms with Crippen LogP contribution in [0.2, 0.25) is 5.02 Å². The van der Waals surface area contributed by atoms with E-state index in [1.807, 2.05) is 0 Å². The van der Waals surface area contributed by atoms with Crippen molar-refractivity contribution < 1.29 is 23.0 Å². The summed E-state index contributed by atoms with van der Waals surface area (Å²) in [7, 11) is 0. The van der Waals surface area contributed by atoms with Gasteiger partial charge >= 0.3 is 0 Å². The van der Waals surface area contributed by atoms with E-state index in [2.05, 4.69) is 15.9 Å². The highest BCUT2D eigenvalue weighted by Crippen LogP contribution is 2.28. The van der Waals surface area contributed by atoms with Gasteiger partial charge < -0.3 is 14.4 Å². The van der Waals surface area contributed by atoms with Crippen LogP contribution >= 0.6 is 27.5 Å². The van der Waals surface area contributed by atoms with Crippen LogP contribution in [0, 0.1) is 11.6 Å². The number of ether oxygens (including phenoxy) is 2. The lowest BCUT2D eigenvalue weighted by molar-refractivity contribution is -0.135. The van der Waals surface area contributed by atoms with Crippen LogP contribution in [-0.2, 0) is 4.79 Å². The van der Waals surface area contributed by atoms with Crippen LogP contribution < -0.4 is 9.47 Å². The Bertz CT molecular complexity index is 829. The molecule has 0 aromatic heterocycles. The molecule has 1 amide bonds. The smallest absolute Gasteiger partial charge is 0.260 e. The maximum absolute atomic E-state index is 13.7. The molecule has 27 heavy (non-hydrogen) atoms. The number of rotatable bonds is 5. The zero-order valence-corrected chi connectivity index (χ0v) is 16.6. The van der Waals surface area contributed by atoms with E-state index in [1.165, 1.54) is 6.07 Å². The molecule has 2 aromatic rings. The molecule has 0 unspecified atom stereocenters. The molecule has 0 aliphatic carbocycles. The Labute approximate surface area is 169 Å². The standard InChI is InChI=1S/C19H17BrClF2NO3/c20-12-1-3-17(15(21)9-12)26-11-19(25)24-7-5-14(6-8-24)27-18-4-2-13(22)10-16(18)23/h1-4,9-10,14H,5-8,11H2. The van der Waals surface area contributed by atoms with Crippen molar-refractivity contribution in [1.82, 2.24) is 4.90 Å². The second-order valence-corrected chi connectivity index (χ2v) is 7.46. The molecule has 0 saturated carbocycles. The van der Waals surface area contributed by atoms with Gasteiger partial charge in [-0.2, -0.15) is 0 Å². The molecule has 8 heteroatoms. The number of nitrogens with zero attached hydrogens (tertiary/aromatic N) is 1. The monoisotopic (exact) mass is 459 g/mol. The Kier molecular flexibility index (Phi) is 6.55. The van der Waals surface area contributed by atoms with Crippen molar-refractivity contribution in [2.75, 3.05) is 19.7 Å². The van der Waals surface area contributed by atoms with Crippen LogP contribution in [0.4, 0.5) is 8.78 Å². The largest absolute Gasteiger partial charge is 0.487 e. The number of amides is 1. The number of carbonyl (C=O) groups is 1. The average Bonchev–Trinajstić information content (AvgIpc) is 2.64. The van der Waals surface area contributed by atoms with Gasteiger partial charge in [-0.3, -0.25) is 4.79 Å². The molecule has 1 fully saturated rings. The summed E-state index contributed by atoms with van der Waals surface area (Å²) in [4.78, 5) is 14.0. The van der Waals surface area contributed by atoms with Crippen molar-refractivity contribution >= 4 is 33.4 Å². The summed E-state index contributed by atoms with van der Waals surface area (Å²) >= 11 is 9.37. The molecule has 0 N–H and O–H groups in total. The summed E-state index contributed by atoms with van der Waals surface area (Å²) in [6.45, 7) is 0.840. The van der Waals surface area contributed by atoms with E-state index in [9.17, 15) is 13.6 Å². The Morgan fingerprint density at radius 3 is 2.52 bits per heavy atom. The van der Waals surface area contributed by atoms with Crippen LogP contribution in [0.1, 0.15) is 12.8 Å². The fraction of sp³-hybridized carbons (Fsp3) is 0.316. The molecule has 4 nitrogen and oxygen atoms in total. The van der Waals surface area contributed by atoms with E-state index in [0.717, 1.165) is 16.6 Å². The zero-order valence-electron chi connectivity index (χ0n) is 14.3. The molecule has 144 valence electrons. The maximum Gasteiger partial charge on any atom is 0.260 e. The molecule has 1 saturated heterocycles. The van der Waals surface area contributed by atoms with Gasteiger partial charge in [-0.1, -0.05) is 27.5 Å². The van der Waals surface area contributed by atoms with E-state index in [-0.39, 0.29) is 24.4 Å². The van der Waals surface area contributed by atoms with Crippen molar-refractivity contribution in [3.63, 3.8) is 0 Å². The maximum atomic E-state index is 13.7. The van der Waals surface area contributed by atoms with Crippen molar-refractivity contribution in [3.05, 3.63) is 57.5 Å². The molecule has 3 rings (SSSR count). The molecular weight excluding hydrogens is 444 g/mol. The lowest BCUT2D eigenvalue weighted by atomic mass is 10.1. The number of halogens is 4. The Morgan fingerprint density at radius 2 is 1.85 bits per heavy atom. The quantitative estimate of drug-likeness (QED) is 0.642. The van der Waals surface area contributed by atoms with Gasteiger partial charge in [0.15, 0.2) is 18.2 Å².